The van der Waals surface area contributed by atoms with Crippen LogP contribution in [-0.2, 0) is 6.54 Å². The number of rotatable bonds is 3. The fourth-order valence-electron chi connectivity index (χ4n) is 2.42. The van der Waals surface area contributed by atoms with Crippen LogP contribution in [0.4, 0.5) is 4.79 Å². The van der Waals surface area contributed by atoms with Crippen LogP contribution in [0, 0.1) is 5.92 Å². The normalized spacial score (nSPS) is 16.4. The van der Waals surface area contributed by atoms with Crippen molar-refractivity contribution in [3.05, 3.63) is 30.1 Å². The maximum atomic E-state index is 12.5. The van der Waals surface area contributed by atoms with Gasteiger partial charge in [-0.2, -0.15) is 0 Å². The van der Waals surface area contributed by atoms with E-state index in [1.165, 1.54) is 0 Å². The standard InChI is InChI=1S/C15H23N3O/c1-3-17(12-14-4-8-16-9-5-14)15(19)18-10-6-13(2)7-11-18/h4-5,8-9,13H,3,6-7,10-12H2,1-2H3. The summed E-state index contributed by atoms with van der Waals surface area (Å²) in [6.07, 6.45) is 5.80. The van der Waals surface area contributed by atoms with Gasteiger partial charge in [0.1, 0.15) is 0 Å². The quantitative estimate of drug-likeness (QED) is 0.839. The molecule has 2 rings (SSSR count). The zero-order valence-corrected chi connectivity index (χ0v) is 11.9. The summed E-state index contributed by atoms with van der Waals surface area (Å²) in [4.78, 5) is 20.4. The number of amides is 2. The van der Waals surface area contributed by atoms with Crippen LogP contribution in [0.15, 0.2) is 24.5 Å². The third-order valence-corrected chi connectivity index (χ3v) is 3.83. The van der Waals surface area contributed by atoms with Gasteiger partial charge < -0.3 is 9.80 Å². The first-order valence-electron chi connectivity index (χ1n) is 7.13. The second-order valence-electron chi connectivity index (χ2n) is 5.32. The first-order valence-corrected chi connectivity index (χ1v) is 7.13. The van der Waals surface area contributed by atoms with Gasteiger partial charge in [-0.3, -0.25) is 4.98 Å². The van der Waals surface area contributed by atoms with Crippen molar-refractivity contribution in [3.63, 3.8) is 0 Å². The van der Waals surface area contributed by atoms with Gasteiger partial charge in [-0.1, -0.05) is 6.92 Å². The molecule has 0 N–H and O–H groups in total. The first-order chi connectivity index (χ1) is 9.20. The van der Waals surface area contributed by atoms with Crippen molar-refractivity contribution in [2.75, 3.05) is 19.6 Å². The smallest absolute Gasteiger partial charge is 0.320 e. The van der Waals surface area contributed by atoms with Gasteiger partial charge in [-0.15, -0.1) is 0 Å². The molecule has 1 fully saturated rings. The Balaban J connectivity index is 1.95. The largest absolute Gasteiger partial charge is 0.325 e. The topological polar surface area (TPSA) is 36.4 Å². The average molecular weight is 261 g/mol. The minimum absolute atomic E-state index is 0.172. The van der Waals surface area contributed by atoms with Crippen molar-refractivity contribution in [2.24, 2.45) is 5.92 Å². The Hall–Kier alpha value is -1.58. The molecule has 104 valence electrons. The van der Waals surface area contributed by atoms with Gasteiger partial charge in [0.25, 0.3) is 0 Å². The molecule has 4 nitrogen and oxygen atoms in total. The molecule has 1 aromatic heterocycles. The summed E-state index contributed by atoms with van der Waals surface area (Å²) in [7, 11) is 0. The van der Waals surface area contributed by atoms with Crippen molar-refractivity contribution in [2.45, 2.75) is 33.2 Å². The van der Waals surface area contributed by atoms with E-state index in [2.05, 4.69) is 11.9 Å². The summed E-state index contributed by atoms with van der Waals surface area (Å²) < 4.78 is 0. The van der Waals surface area contributed by atoms with Crippen molar-refractivity contribution in [1.29, 1.82) is 0 Å². The second kappa shape index (κ2) is 6.55. The van der Waals surface area contributed by atoms with Crippen molar-refractivity contribution < 1.29 is 4.79 Å². The lowest BCUT2D eigenvalue weighted by Gasteiger charge is -2.34. The monoisotopic (exact) mass is 261 g/mol. The van der Waals surface area contributed by atoms with E-state index in [0.717, 1.165) is 44.0 Å². The summed E-state index contributed by atoms with van der Waals surface area (Å²) in [5.41, 5.74) is 1.13. The molecule has 0 aromatic carbocycles. The van der Waals surface area contributed by atoms with Crippen LogP contribution in [0.2, 0.25) is 0 Å². The van der Waals surface area contributed by atoms with Crippen molar-refractivity contribution in [1.82, 2.24) is 14.8 Å². The highest BCUT2D eigenvalue weighted by Crippen LogP contribution is 2.18. The SMILES string of the molecule is CCN(Cc1ccncc1)C(=O)N1CCC(C)CC1. The van der Waals surface area contributed by atoms with E-state index < -0.39 is 0 Å². The fraction of sp³-hybridized carbons (Fsp3) is 0.600. The number of likely N-dealkylation sites (tertiary alicyclic amines) is 1. The molecule has 0 saturated carbocycles. The second-order valence-corrected chi connectivity index (χ2v) is 5.32. The Morgan fingerprint density at radius 1 is 1.37 bits per heavy atom. The number of pyridine rings is 1. The lowest BCUT2D eigenvalue weighted by atomic mass is 9.99. The highest BCUT2D eigenvalue weighted by molar-refractivity contribution is 5.74. The molecule has 19 heavy (non-hydrogen) atoms. The highest BCUT2D eigenvalue weighted by atomic mass is 16.2. The van der Waals surface area contributed by atoms with Gasteiger partial charge in [-0.25, -0.2) is 4.79 Å². The minimum atomic E-state index is 0.172. The summed E-state index contributed by atoms with van der Waals surface area (Å²) in [6.45, 7) is 7.50. The Bertz CT molecular complexity index is 399. The highest BCUT2D eigenvalue weighted by Gasteiger charge is 2.23. The Morgan fingerprint density at radius 2 is 2.00 bits per heavy atom. The molecule has 1 saturated heterocycles. The Morgan fingerprint density at radius 3 is 2.58 bits per heavy atom. The van der Waals surface area contributed by atoms with Gasteiger partial charge in [0, 0.05) is 38.6 Å². The molecule has 1 aliphatic heterocycles. The molecule has 1 aromatic rings. The number of carbonyl (C=O) groups excluding carboxylic acids is 1. The number of hydrogen-bond acceptors (Lipinski definition) is 2. The molecular weight excluding hydrogens is 238 g/mol. The fourth-order valence-corrected chi connectivity index (χ4v) is 2.42. The average Bonchev–Trinajstić information content (AvgIpc) is 2.46. The van der Waals surface area contributed by atoms with E-state index in [0.29, 0.717) is 6.54 Å². The Kier molecular flexibility index (Phi) is 4.77. The molecule has 0 atom stereocenters. The maximum Gasteiger partial charge on any atom is 0.320 e. The van der Waals surface area contributed by atoms with Crippen LogP contribution >= 0.6 is 0 Å². The van der Waals surface area contributed by atoms with Gasteiger partial charge >= 0.3 is 6.03 Å². The molecule has 0 unspecified atom stereocenters. The van der Waals surface area contributed by atoms with Gasteiger partial charge in [0.15, 0.2) is 0 Å². The third kappa shape index (κ3) is 3.69. The number of carbonyl (C=O) groups is 1. The van der Waals surface area contributed by atoms with E-state index in [9.17, 15) is 4.79 Å². The molecule has 0 aliphatic carbocycles. The molecule has 0 radical (unpaired) electrons. The lowest BCUT2D eigenvalue weighted by molar-refractivity contribution is 0.134. The van der Waals surface area contributed by atoms with E-state index in [4.69, 9.17) is 0 Å². The van der Waals surface area contributed by atoms with Gasteiger partial charge in [-0.05, 0) is 43.4 Å². The maximum absolute atomic E-state index is 12.5. The number of urea groups is 1. The van der Waals surface area contributed by atoms with Crippen molar-refractivity contribution >= 4 is 6.03 Å². The summed E-state index contributed by atoms with van der Waals surface area (Å²) in [6, 6.07) is 4.11. The number of nitrogens with zero attached hydrogens (tertiary/aromatic N) is 3. The third-order valence-electron chi connectivity index (χ3n) is 3.83. The van der Waals surface area contributed by atoms with Crippen molar-refractivity contribution in [3.8, 4) is 0 Å². The summed E-state index contributed by atoms with van der Waals surface area (Å²) >= 11 is 0. The minimum Gasteiger partial charge on any atom is -0.325 e. The van der Waals surface area contributed by atoms with Crippen LogP contribution in [0.5, 0.6) is 0 Å². The molecule has 4 heteroatoms. The van der Waals surface area contributed by atoms with E-state index in [-0.39, 0.29) is 6.03 Å². The van der Waals surface area contributed by atoms with E-state index >= 15 is 0 Å². The molecule has 2 amide bonds. The first kappa shape index (κ1) is 13.8. The van der Waals surface area contributed by atoms with Crippen LogP contribution in [-0.4, -0.2) is 40.4 Å². The molecule has 0 bridgehead atoms. The predicted molar refractivity (Wildman–Crippen MR) is 75.7 cm³/mol. The van der Waals surface area contributed by atoms with Crippen LogP contribution in [0.25, 0.3) is 0 Å². The molecule has 0 spiro atoms. The number of aromatic nitrogens is 1. The van der Waals surface area contributed by atoms with Crippen LogP contribution in [0.1, 0.15) is 32.3 Å². The molecule has 2 heterocycles. The lowest BCUT2D eigenvalue weighted by Crippen LogP contribution is -2.46. The van der Waals surface area contributed by atoms with Gasteiger partial charge in [0.2, 0.25) is 0 Å². The molecular formula is C15H23N3O. The zero-order valence-electron chi connectivity index (χ0n) is 11.9. The molecule has 1 aliphatic rings. The number of piperidine rings is 1. The van der Waals surface area contributed by atoms with Crippen LogP contribution < -0.4 is 0 Å². The van der Waals surface area contributed by atoms with Crippen LogP contribution in [0.3, 0.4) is 0 Å². The predicted octanol–water partition coefficient (Wildman–Crippen LogP) is 2.76. The number of hydrogen-bond donors (Lipinski definition) is 0. The summed E-state index contributed by atoms with van der Waals surface area (Å²) in [5, 5.41) is 0. The van der Waals surface area contributed by atoms with E-state index in [1.54, 1.807) is 12.4 Å². The summed E-state index contributed by atoms with van der Waals surface area (Å²) in [5.74, 6) is 0.749. The van der Waals surface area contributed by atoms with E-state index in [1.807, 2.05) is 28.9 Å². The van der Waals surface area contributed by atoms with Gasteiger partial charge in [0.05, 0.1) is 0 Å². The Labute approximate surface area is 115 Å². The zero-order chi connectivity index (χ0) is 13.7.